The quantitative estimate of drug-likeness (QED) is 0.894. The first-order valence-corrected chi connectivity index (χ1v) is 6.30. The highest BCUT2D eigenvalue weighted by molar-refractivity contribution is 5.50. The van der Waals surface area contributed by atoms with Crippen molar-refractivity contribution in [2.75, 3.05) is 25.5 Å². The number of benzene rings is 1. The van der Waals surface area contributed by atoms with Crippen LogP contribution in [0.4, 0.5) is 5.69 Å². The number of aromatic nitrogens is 1. The van der Waals surface area contributed by atoms with Crippen LogP contribution in [0.5, 0.6) is 11.6 Å². The van der Waals surface area contributed by atoms with Crippen molar-refractivity contribution < 1.29 is 4.74 Å². The summed E-state index contributed by atoms with van der Waals surface area (Å²) in [5.74, 6) is 1.41. The Hall–Kier alpha value is -2.07. The highest BCUT2D eigenvalue weighted by atomic mass is 16.5. The molecule has 1 aromatic carbocycles. The van der Waals surface area contributed by atoms with Gasteiger partial charge in [0.1, 0.15) is 5.75 Å². The second kappa shape index (κ2) is 6.20. The lowest BCUT2D eigenvalue weighted by Gasteiger charge is -2.14. The summed E-state index contributed by atoms with van der Waals surface area (Å²) in [6, 6.07) is 11.8. The molecule has 4 nitrogen and oxygen atoms in total. The molecule has 1 aromatic heterocycles. The normalized spacial score (nSPS) is 10.3. The molecule has 0 unspecified atom stereocenters. The first-order chi connectivity index (χ1) is 9.20. The molecular formula is C15H19N3O. The van der Waals surface area contributed by atoms with Gasteiger partial charge >= 0.3 is 0 Å². The number of anilines is 1. The fraction of sp³-hybridized carbons (Fsp3) is 0.267. The van der Waals surface area contributed by atoms with Gasteiger partial charge in [0.15, 0.2) is 0 Å². The van der Waals surface area contributed by atoms with E-state index in [9.17, 15) is 0 Å². The van der Waals surface area contributed by atoms with E-state index >= 15 is 0 Å². The summed E-state index contributed by atoms with van der Waals surface area (Å²) >= 11 is 0. The lowest BCUT2D eigenvalue weighted by Crippen LogP contribution is -2.08. The van der Waals surface area contributed by atoms with Gasteiger partial charge in [-0.05, 0) is 31.2 Å². The second-order valence-corrected chi connectivity index (χ2v) is 4.50. The van der Waals surface area contributed by atoms with Gasteiger partial charge in [-0.2, -0.15) is 0 Å². The van der Waals surface area contributed by atoms with Crippen LogP contribution in [0.2, 0.25) is 0 Å². The molecule has 0 spiro atoms. The van der Waals surface area contributed by atoms with E-state index < -0.39 is 0 Å². The van der Waals surface area contributed by atoms with Gasteiger partial charge in [0.2, 0.25) is 5.88 Å². The maximum atomic E-state index is 5.86. The SMILES string of the molecule is CN(C)c1cccc(Oc2ncccc2CCN)c1. The minimum Gasteiger partial charge on any atom is -0.439 e. The molecule has 0 fully saturated rings. The van der Waals surface area contributed by atoms with Gasteiger partial charge < -0.3 is 15.4 Å². The van der Waals surface area contributed by atoms with Crippen molar-refractivity contribution in [3.05, 3.63) is 48.2 Å². The van der Waals surface area contributed by atoms with E-state index in [1.54, 1.807) is 6.20 Å². The van der Waals surface area contributed by atoms with Gasteiger partial charge in [-0.25, -0.2) is 4.98 Å². The minimum absolute atomic E-state index is 0.583. The van der Waals surface area contributed by atoms with Crippen LogP contribution in [0.3, 0.4) is 0 Å². The zero-order valence-corrected chi connectivity index (χ0v) is 11.3. The molecule has 4 heteroatoms. The van der Waals surface area contributed by atoms with Crippen LogP contribution in [-0.4, -0.2) is 25.6 Å². The Labute approximate surface area is 113 Å². The van der Waals surface area contributed by atoms with Crippen molar-refractivity contribution in [1.82, 2.24) is 4.98 Å². The maximum Gasteiger partial charge on any atom is 0.222 e. The van der Waals surface area contributed by atoms with Crippen LogP contribution in [0, 0.1) is 0 Å². The number of ether oxygens (including phenoxy) is 1. The number of pyridine rings is 1. The molecule has 0 saturated heterocycles. The fourth-order valence-corrected chi connectivity index (χ4v) is 1.80. The Bertz CT molecular complexity index is 540. The summed E-state index contributed by atoms with van der Waals surface area (Å²) in [5.41, 5.74) is 7.72. The van der Waals surface area contributed by atoms with Gasteiger partial charge in [-0.1, -0.05) is 12.1 Å². The summed E-state index contributed by atoms with van der Waals surface area (Å²) in [4.78, 5) is 6.31. The molecule has 100 valence electrons. The van der Waals surface area contributed by atoms with Crippen molar-refractivity contribution in [1.29, 1.82) is 0 Å². The Morgan fingerprint density at radius 2 is 2.05 bits per heavy atom. The lowest BCUT2D eigenvalue weighted by molar-refractivity contribution is 0.456. The first-order valence-electron chi connectivity index (χ1n) is 6.30. The van der Waals surface area contributed by atoms with Crippen molar-refractivity contribution in [2.45, 2.75) is 6.42 Å². The summed E-state index contributed by atoms with van der Waals surface area (Å²) in [5, 5.41) is 0. The molecule has 1 heterocycles. The number of rotatable bonds is 5. The molecule has 0 radical (unpaired) electrons. The highest BCUT2D eigenvalue weighted by Crippen LogP contribution is 2.26. The molecule has 19 heavy (non-hydrogen) atoms. The van der Waals surface area contributed by atoms with Crippen LogP contribution in [0.25, 0.3) is 0 Å². The van der Waals surface area contributed by atoms with E-state index in [0.29, 0.717) is 12.4 Å². The molecule has 2 rings (SSSR count). The topological polar surface area (TPSA) is 51.4 Å². The Kier molecular flexibility index (Phi) is 4.36. The summed E-state index contributed by atoms with van der Waals surface area (Å²) in [7, 11) is 4.00. The smallest absolute Gasteiger partial charge is 0.222 e. The zero-order chi connectivity index (χ0) is 13.7. The van der Waals surface area contributed by atoms with Gasteiger partial charge in [0.25, 0.3) is 0 Å². The number of hydrogen-bond donors (Lipinski definition) is 1. The zero-order valence-electron chi connectivity index (χ0n) is 11.3. The molecule has 2 aromatic rings. The summed E-state index contributed by atoms with van der Waals surface area (Å²) in [6.07, 6.45) is 2.49. The van der Waals surface area contributed by atoms with E-state index in [1.807, 2.05) is 55.4 Å². The van der Waals surface area contributed by atoms with Gasteiger partial charge in [0, 0.05) is 37.6 Å². The van der Waals surface area contributed by atoms with Crippen LogP contribution < -0.4 is 15.4 Å². The van der Waals surface area contributed by atoms with Crippen molar-refractivity contribution in [3.63, 3.8) is 0 Å². The molecule has 0 aliphatic heterocycles. The molecule has 0 amide bonds. The third-order valence-corrected chi connectivity index (χ3v) is 2.81. The van der Waals surface area contributed by atoms with Gasteiger partial charge in [-0.15, -0.1) is 0 Å². The van der Waals surface area contributed by atoms with Crippen molar-refractivity contribution in [3.8, 4) is 11.6 Å². The first kappa shape index (κ1) is 13.4. The summed E-state index contributed by atoms with van der Waals surface area (Å²) < 4.78 is 5.86. The van der Waals surface area contributed by atoms with Crippen LogP contribution in [0.15, 0.2) is 42.6 Å². The Morgan fingerprint density at radius 3 is 2.79 bits per heavy atom. The molecule has 2 N–H and O–H groups in total. The minimum atomic E-state index is 0.583. The summed E-state index contributed by atoms with van der Waals surface area (Å²) in [6.45, 7) is 0.583. The van der Waals surface area contributed by atoms with E-state index in [0.717, 1.165) is 23.4 Å². The van der Waals surface area contributed by atoms with E-state index in [1.165, 1.54) is 0 Å². The third-order valence-electron chi connectivity index (χ3n) is 2.81. The maximum absolute atomic E-state index is 5.86. The highest BCUT2D eigenvalue weighted by Gasteiger charge is 2.06. The molecular weight excluding hydrogens is 238 g/mol. The number of nitrogens with two attached hydrogens (primary N) is 1. The predicted molar refractivity (Wildman–Crippen MR) is 77.8 cm³/mol. The van der Waals surface area contributed by atoms with E-state index in [4.69, 9.17) is 10.5 Å². The molecule has 0 aliphatic carbocycles. The monoisotopic (exact) mass is 257 g/mol. The number of hydrogen-bond acceptors (Lipinski definition) is 4. The largest absolute Gasteiger partial charge is 0.439 e. The lowest BCUT2D eigenvalue weighted by atomic mass is 10.2. The average Bonchev–Trinajstić information content (AvgIpc) is 2.41. The van der Waals surface area contributed by atoms with E-state index in [2.05, 4.69) is 4.98 Å². The van der Waals surface area contributed by atoms with Gasteiger partial charge in [-0.3, -0.25) is 0 Å². The predicted octanol–water partition coefficient (Wildman–Crippen LogP) is 2.44. The fourth-order valence-electron chi connectivity index (χ4n) is 1.80. The van der Waals surface area contributed by atoms with Gasteiger partial charge in [0.05, 0.1) is 0 Å². The van der Waals surface area contributed by atoms with Crippen LogP contribution in [-0.2, 0) is 6.42 Å². The Balaban J connectivity index is 2.23. The third kappa shape index (κ3) is 3.45. The molecule has 0 bridgehead atoms. The van der Waals surface area contributed by atoms with Crippen molar-refractivity contribution in [2.24, 2.45) is 5.73 Å². The molecule has 0 aliphatic rings. The molecule has 0 saturated carbocycles. The van der Waals surface area contributed by atoms with Crippen LogP contribution in [0.1, 0.15) is 5.56 Å². The Morgan fingerprint density at radius 1 is 1.21 bits per heavy atom. The van der Waals surface area contributed by atoms with Crippen LogP contribution >= 0.6 is 0 Å². The van der Waals surface area contributed by atoms with Crippen molar-refractivity contribution >= 4 is 5.69 Å². The molecule has 0 atom stereocenters. The van der Waals surface area contributed by atoms with E-state index in [-0.39, 0.29) is 0 Å². The standard InChI is InChI=1S/C15H19N3O/c1-18(2)13-6-3-7-14(11-13)19-15-12(8-9-16)5-4-10-17-15/h3-7,10-11H,8-9,16H2,1-2H3. The number of nitrogens with zero attached hydrogens (tertiary/aromatic N) is 2. The second-order valence-electron chi connectivity index (χ2n) is 4.50. The average molecular weight is 257 g/mol.